The summed E-state index contributed by atoms with van der Waals surface area (Å²) < 4.78 is 0. The third-order valence-corrected chi connectivity index (χ3v) is 4.09. The molecule has 3 heteroatoms. The molecule has 1 atom stereocenters. The smallest absolute Gasteiger partial charge is 0.00693 e. The molecule has 94 valence electrons. The Morgan fingerprint density at radius 2 is 2.18 bits per heavy atom. The van der Waals surface area contributed by atoms with Crippen molar-refractivity contribution >= 4 is 11.8 Å². The van der Waals surface area contributed by atoms with Crippen molar-refractivity contribution in [2.45, 2.75) is 17.7 Å². The molecule has 0 spiro atoms. The minimum absolute atomic E-state index is 0.842. The Balaban J connectivity index is 1.63. The van der Waals surface area contributed by atoms with Crippen LogP contribution in [0, 0.1) is 5.92 Å². The lowest BCUT2D eigenvalue weighted by Crippen LogP contribution is -2.26. The van der Waals surface area contributed by atoms with Crippen molar-refractivity contribution in [2.75, 3.05) is 32.4 Å². The molecule has 1 saturated heterocycles. The number of rotatable bonds is 6. The maximum atomic E-state index is 3.56. The number of hydrogen-bond donors (Lipinski definition) is 2. The predicted octanol–water partition coefficient (Wildman–Crippen LogP) is 2.15. The normalized spacial score (nSPS) is 19.7. The molecule has 0 radical (unpaired) electrons. The van der Waals surface area contributed by atoms with Crippen LogP contribution in [0.15, 0.2) is 29.2 Å². The zero-order valence-electron chi connectivity index (χ0n) is 10.5. The highest BCUT2D eigenvalue weighted by molar-refractivity contribution is 7.98. The first-order valence-electron chi connectivity index (χ1n) is 6.43. The quantitative estimate of drug-likeness (QED) is 0.597. The topological polar surface area (TPSA) is 24.1 Å². The van der Waals surface area contributed by atoms with Gasteiger partial charge in [0.2, 0.25) is 0 Å². The summed E-state index contributed by atoms with van der Waals surface area (Å²) in [7, 11) is 0. The van der Waals surface area contributed by atoms with E-state index in [1.165, 1.54) is 30.0 Å². The molecule has 0 saturated carbocycles. The summed E-state index contributed by atoms with van der Waals surface area (Å²) in [6.45, 7) is 4.64. The van der Waals surface area contributed by atoms with Crippen molar-refractivity contribution < 1.29 is 0 Å². The van der Waals surface area contributed by atoms with Gasteiger partial charge >= 0.3 is 0 Å². The molecule has 17 heavy (non-hydrogen) atoms. The second-order valence-electron chi connectivity index (χ2n) is 4.66. The molecule has 1 aromatic carbocycles. The van der Waals surface area contributed by atoms with Crippen LogP contribution in [-0.4, -0.2) is 32.4 Å². The molecule has 1 heterocycles. The van der Waals surface area contributed by atoms with E-state index >= 15 is 0 Å². The molecular formula is C14H22N2S. The fraction of sp³-hybridized carbons (Fsp3) is 0.571. The van der Waals surface area contributed by atoms with Gasteiger partial charge < -0.3 is 10.6 Å². The first-order valence-corrected chi connectivity index (χ1v) is 7.65. The number of nitrogens with one attached hydrogen (secondary N) is 2. The van der Waals surface area contributed by atoms with Gasteiger partial charge in [0, 0.05) is 4.90 Å². The second-order valence-corrected chi connectivity index (χ2v) is 5.54. The van der Waals surface area contributed by atoms with E-state index < -0.39 is 0 Å². The van der Waals surface area contributed by atoms with Gasteiger partial charge in [0.05, 0.1) is 0 Å². The van der Waals surface area contributed by atoms with Gasteiger partial charge in [-0.15, -0.1) is 11.8 Å². The molecule has 2 rings (SSSR count). The third-order valence-electron chi connectivity index (χ3n) is 3.34. The number of hydrogen-bond acceptors (Lipinski definition) is 3. The summed E-state index contributed by atoms with van der Waals surface area (Å²) in [6.07, 6.45) is 4.58. The molecule has 0 bridgehead atoms. The van der Waals surface area contributed by atoms with Gasteiger partial charge in [0.15, 0.2) is 0 Å². The molecule has 0 aliphatic carbocycles. The lowest BCUT2D eigenvalue weighted by atomic mass is 10.1. The Kier molecular flexibility index (Phi) is 5.36. The SMILES string of the molecule is CSc1ccc(CCNCC2CCNC2)cc1. The van der Waals surface area contributed by atoms with Gasteiger partial charge in [0.25, 0.3) is 0 Å². The zero-order chi connectivity index (χ0) is 11.9. The summed E-state index contributed by atoms with van der Waals surface area (Å²) >= 11 is 1.80. The van der Waals surface area contributed by atoms with Crippen LogP contribution in [-0.2, 0) is 6.42 Å². The Morgan fingerprint density at radius 1 is 1.35 bits per heavy atom. The van der Waals surface area contributed by atoms with E-state index in [2.05, 4.69) is 41.2 Å². The number of thioether (sulfide) groups is 1. The minimum Gasteiger partial charge on any atom is -0.316 e. The molecule has 1 aromatic rings. The van der Waals surface area contributed by atoms with Gasteiger partial charge in [-0.05, 0) is 68.9 Å². The van der Waals surface area contributed by atoms with Gasteiger partial charge in [-0.25, -0.2) is 0 Å². The Labute approximate surface area is 109 Å². The van der Waals surface area contributed by atoms with Gasteiger partial charge in [0.1, 0.15) is 0 Å². The van der Waals surface area contributed by atoms with Crippen molar-refractivity contribution in [1.82, 2.24) is 10.6 Å². The molecule has 1 fully saturated rings. The highest BCUT2D eigenvalue weighted by Gasteiger charge is 2.12. The summed E-state index contributed by atoms with van der Waals surface area (Å²) in [5.74, 6) is 0.842. The van der Waals surface area contributed by atoms with Gasteiger partial charge in [-0.3, -0.25) is 0 Å². The molecular weight excluding hydrogens is 228 g/mol. The van der Waals surface area contributed by atoms with Crippen LogP contribution in [0.5, 0.6) is 0 Å². The third kappa shape index (κ3) is 4.34. The van der Waals surface area contributed by atoms with Crippen molar-refractivity contribution in [3.05, 3.63) is 29.8 Å². The minimum atomic E-state index is 0.842. The lowest BCUT2D eigenvalue weighted by Gasteiger charge is -2.10. The first kappa shape index (κ1) is 12.9. The van der Waals surface area contributed by atoms with Crippen molar-refractivity contribution in [3.63, 3.8) is 0 Å². The maximum Gasteiger partial charge on any atom is 0.00693 e. The summed E-state index contributed by atoms with van der Waals surface area (Å²) in [5.41, 5.74) is 1.43. The fourth-order valence-corrected chi connectivity index (χ4v) is 2.63. The molecule has 2 nitrogen and oxygen atoms in total. The fourth-order valence-electron chi connectivity index (χ4n) is 2.22. The van der Waals surface area contributed by atoms with Crippen LogP contribution in [0.4, 0.5) is 0 Å². The van der Waals surface area contributed by atoms with E-state index in [0.717, 1.165) is 25.4 Å². The maximum absolute atomic E-state index is 3.56. The summed E-state index contributed by atoms with van der Waals surface area (Å²) in [4.78, 5) is 1.35. The average molecular weight is 250 g/mol. The van der Waals surface area contributed by atoms with Gasteiger partial charge in [-0.1, -0.05) is 12.1 Å². The highest BCUT2D eigenvalue weighted by atomic mass is 32.2. The van der Waals surface area contributed by atoms with Crippen molar-refractivity contribution in [1.29, 1.82) is 0 Å². The van der Waals surface area contributed by atoms with Gasteiger partial charge in [-0.2, -0.15) is 0 Å². The molecule has 0 aromatic heterocycles. The average Bonchev–Trinajstić information content (AvgIpc) is 2.88. The molecule has 1 aliphatic rings. The van der Waals surface area contributed by atoms with Crippen molar-refractivity contribution in [3.8, 4) is 0 Å². The Morgan fingerprint density at radius 3 is 2.82 bits per heavy atom. The molecule has 0 amide bonds. The van der Waals surface area contributed by atoms with Crippen LogP contribution in [0.3, 0.4) is 0 Å². The monoisotopic (exact) mass is 250 g/mol. The Bertz CT molecular complexity index is 317. The van der Waals surface area contributed by atoms with Crippen molar-refractivity contribution in [2.24, 2.45) is 5.92 Å². The van der Waals surface area contributed by atoms with Crippen LogP contribution in [0.25, 0.3) is 0 Å². The van der Waals surface area contributed by atoms with E-state index in [1.807, 2.05) is 0 Å². The largest absolute Gasteiger partial charge is 0.316 e. The van der Waals surface area contributed by atoms with Crippen LogP contribution in [0.2, 0.25) is 0 Å². The zero-order valence-corrected chi connectivity index (χ0v) is 11.4. The standard InChI is InChI=1S/C14H22N2S/c1-17-14-4-2-12(3-5-14)6-8-15-10-13-7-9-16-11-13/h2-5,13,15-16H,6-11H2,1H3. The Hall–Kier alpha value is -0.510. The summed E-state index contributed by atoms with van der Waals surface area (Å²) in [5, 5.41) is 6.96. The first-order chi connectivity index (χ1) is 8.38. The van der Waals surface area contributed by atoms with Crippen LogP contribution >= 0.6 is 11.8 Å². The van der Waals surface area contributed by atoms with E-state index in [-0.39, 0.29) is 0 Å². The predicted molar refractivity (Wildman–Crippen MR) is 75.8 cm³/mol. The van der Waals surface area contributed by atoms with E-state index in [4.69, 9.17) is 0 Å². The van der Waals surface area contributed by atoms with E-state index in [0.29, 0.717) is 0 Å². The molecule has 2 N–H and O–H groups in total. The van der Waals surface area contributed by atoms with E-state index in [9.17, 15) is 0 Å². The molecule has 1 aliphatic heterocycles. The van der Waals surface area contributed by atoms with Crippen LogP contribution in [0.1, 0.15) is 12.0 Å². The van der Waals surface area contributed by atoms with E-state index in [1.54, 1.807) is 11.8 Å². The number of benzene rings is 1. The lowest BCUT2D eigenvalue weighted by molar-refractivity contribution is 0.515. The summed E-state index contributed by atoms with van der Waals surface area (Å²) in [6, 6.07) is 8.90. The second kappa shape index (κ2) is 7.04. The molecule has 1 unspecified atom stereocenters. The van der Waals surface area contributed by atoms with Crippen LogP contribution < -0.4 is 10.6 Å². The highest BCUT2D eigenvalue weighted by Crippen LogP contribution is 2.14.